The van der Waals surface area contributed by atoms with Gasteiger partial charge in [-0.05, 0) is 30.7 Å². The third kappa shape index (κ3) is 3.26. The number of halogens is 2. The maximum atomic E-state index is 13.3. The standard InChI is InChI=1S/C15H15BrFNO/c1-10(12-5-3-4-6-13(12)16)18-11-7-8-14(17)15(9-11)19-2/h3-10,18H,1-2H3. The number of hydrogen-bond donors (Lipinski definition) is 1. The Labute approximate surface area is 120 Å². The zero-order valence-electron chi connectivity index (χ0n) is 10.8. The van der Waals surface area contributed by atoms with Gasteiger partial charge in [-0.3, -0.25) is 0 Å². The molecule has 0 aliphatic carbocycles. The number of methoxy groups -OCH3 is 1. The molecular formula is C15H15BrFNO. The molecule has 0 bridgehead atoms. The van der Waals surface area contributed by atoms with Crippen LogP contribution in [0.25, 0.3) is 0 Å². The minimum absolute atomic E-state index is 0.103. The van der Waals surface area contributed by atoms with Gasteiger partial charge in [0.2, 0.25) is 0 Å². The molecule has 2 aromatic rings. The monoisotopic (exact) mass is 323 g/mol. The maximum absolute atomic E-state index is 13.3. The van der Waals surface area contributed by atoms with Gasteiger partial charge >= 0.3 is 0 Å². The lowest BCUT2D eigenvalue weighted by atomic mass is 10.1. The molecule has 0 heterocycles. The highest BCUT2D eigenvalue weighted by atomic mass is 79.9. The summed E-state index contributed by atoms with van der Waals surface area (Å²) in [7, 11) is 1.46. The second-order valence-corrected chi connectivity index (χ2v) is 5.09. The van der Waals surface area contributed by atoms with Crippen molar-refractivity contribution in [2.24, 2.45) is 0 Å². The van der Waals surface area contributed by atoms with Crippen LogP contribution in [0.3, 0.4) is 0 Å². The molecule has 0 aliphatic heterocycles. The molecule has 4 heteroatoms. The van der Waals surface area contributed by atoms with Crippen LogP contribution in [0.1, 0.15) is 18.5 Å². The number of hydrogen-bond acceptors (Lipinski definition) is 2. The average molecular weight is 324 g/mol. The normalized spacial score (nSPS) is 12.0. The quantitative estimate of drug-likeness (QED) is 0.875. The van der Waals surface area contributed by atoms with E-state index < -0.39 is 0 Å². The molecule has 0 amide bonds. The average Bonchev–Trinajstić information content (AvgIpc) is 2.41. The van der Waals surface area contributed by atoms with Gasteiger partial charge in [-0.25, -0.2) is 4.39 Å². The predicted molar refractivity (Wildman–Crippen MR) is 79.1 cm³/mol. The number of benzene rings is 2. The SMILES string of the molecule is COc1cc(NC(C)c2ccccc2Br)ccc1F. The zero-order chi connectivity index (χ0) is 13.8. The van der Waals surface area contributed by atoms with Crippen LogP contribution in [-0.4, -0.2) is 7.11 Å². The van der Waals surface area contributed by atoms with Crippen LogP contribution in [0.5, 0.6) is 5.75 Å². The van der Waals surface area contributed by atoms with Crippen molar-refractivity contribution in [3.05, 3.63) is 58.3 Å². The fourth-order valence-corrected chi connectivity index (χ4v) is 2.53. The number of nitrogens with one attached hydrogen (secondary N) is 1. The van der Waals surface area contributed by atoms with Gasteiger partial charge in [0.25, 0.3) is 0 Å². The van der Waals surface area contributed by atoms with E-state index in [1.165, 1.54) is 13.2 Å². The second kappa shape index (κ2) is 6.06. The van der Waals surface area contributed by atoms with Crippen molar-refractivity contribution in [1.82, 2.24) is 0 Å². The van der Waals surface area contributed by atoms with E-state index >= 15 is 0 Å². The molecule has 19 heavy (non-hydrogen) atoms. The number of ether oxygens (including phenoxy) is 1. The molecule has 100 valence electrons. The minimum atomic E-state index is -0.360. The van der Waals surface area contributed by atoms with Crippen LogP contribution in [0.2, 0.25) is 0 Å². The highest BCUT2D eigenvalue weighted by Gasteiger charge is 2.10. The lowest BCUT2D eigenvalue weighted by molar-refractivity contribution is 0.387. The van der Waals surface area contributed by atoms with E-state index in [2.05, 4.69) is 28.2 Å². The summed E-state index contributed by atoms with van der Waals surface area (Å²) in [5.41, 5.74) is 1.97. The van der Waals surface area contributed by atoms with Crippen LogP contribution in [0.15, 0.2) is 46.9 Å². The first-order chi connectivity index (χ1) is 9.11. The smallest absolute Gasteiger partial charge is 0.165 e. The molecule has 2 aromatic carbocycles. The Kier molecular flexibility index (Phi) is 4.43. The predicted octanol–water partition coefficient (Wildman–Crippen LogP) is 4.77. The molecule has 0 aromatic heterocycles. The first kappa shape index (κ1) is 13.9. The van der Waals surface area contributed by atoms with Crippen LogP contribution >= 0.6 is 15.9 Å². The van der Waals surface area contributed by atoms with Crippen molar-refractivity contribution in [2.75, 3.05) is 12.4 Å². The molecule has 2 rings (SSSR count). The summed E-state index contributed by atoms with van der Waals surface area (Å²) in [5.74, 6) is -0.120. The van der Waals surface area contributed by atoms with E-state index in [1.54, 1.807) is 12.1 Å². The van der Waals surface area contributed by atoms with Crippen molar-refractivity contribution >= 4 is 21.6 Å². The first-order valence-corrected chi connectivity index (χ1v) is 6.75. The Morgan fingerprint density at radius 3 is 2.63 bits per heavy atom. The van der Waals surface area contributed by atoms with Gasteiger partial charge in [0.1, 0.15) is 0 Å². The summed E-state index contributed by atoms with van der Waals surface area (Å²) >= 11 is 3.53. The lowest BCUT2D eigenvalue weighted by Crippen LogP contribution is -2.07. The van der Waals surface area contributed by atoms with Gasteiger partial charge < -0.3 is 10.1 Å². The van der Waals surface area contributed by atoms with E-state index in [0.29, 0.717) is 0 Å². The first-order valence-electron chi connectivity index (χ1n) is 5.96. The summed E-state index contributed by atoms with van der Waals surface area (Å²) in [6.45, 7) is 2.05. The molecule has 1 unspecified atom stereocenters. The van der Waals surface area contributed by atoms with Gasteiger partial charge in [0.05, 0.1) is 7.11 Å². The fourth-order valence-electron chi connectivity index (χ4n) is 1.90. The van der Waals surface area contributed by atoms with E-state index in [-0.39, 0.29) is 17.6 Å². The fraction of sp³-hybridized carbons (Fsp3) is 0.200. The molecule has 0 aliphatic rings. The third-order valence-corrected chi connectivity index (χ3v) is 3.63. The Bertz CT molecular complexity index is 574. The molecule has 0 saturated heterocycles. The van der Waals surface area contributed by atoms with E-state index in [9.17, 15) is 4.39 Å². The second-order valence-electron chi connectivity index (χ2n) is 4.24. The highest BCUT2D eigenvalue weighted by Crippen LogP contribution is 2.28. The molecular weight excluding hydrogens is 309 g/mol. The van der Waals surface area contributed by atoms with Gasteiger partial charge in [0, 0.05) is 22.3 Å². The van der Waals surface area contributed by atoms with Crippen LogP contribution in [-0.2, 0) is 0 Å². The third-order valence-electron chi connectivity index (χ3n) is 2.91. The van der Waals surface area contributed by atoms with Gasteiger partial charge in [-0.2, -0.15) is 0 Å². The van der Waals surface area contributed by atoms with Crippen LogP contribution < -0.4 is 10.1 Å². The van der Waals surface area contributed by atoms with E-state index in [0.717, 1.165) is 15.7 Å². The molecule has 0 spiro atoms. The molecule has 1 atom stereocenters. The molecule has 0 fully saturated rings. The van der Waals surface area contributed by atoms with Crippen LogP contribution in [0, 0.1) is 5.82 Å². The number of anilines is 1. The zero-order valence-corrected chi connectivity index (χ0v) is 12.4. The summed E-state index contributed by atoms with van der Waals surface area (Å²) in [5, 5.41) is 3.32. The van der Waals surface area contributed by atoms with Gasteiger partial charge in [-0.15, -0.1) is 0 Å². The summed E-state index contributed by atoms with van der Waals surface area (Å²) in [6, 6.07) is 12.9. The van der Waals surface area contributed by atoms with Crippen molar-refractivity contribution < 1.29 is 9.13 Å². The lowest BCUT2D eigenvalue weighted by Gasteiger charge is -2.17. The highest BCUT2D eigenvalue weighted by molar-refractivity contribution is 9.10. The topological polar surface area (TPSA) is 21.3 Å². The van der Waals surface area contributed by atoms with Gasteiger partial charge in [0.15, 0.2) is 11.6 Å². The summed E-state index contributed by atoms with van der Waals surface area (Å²) < 4.78 is 19.4. The molecule has 1 N–H and O–H groups in total. The van der Waals surface area contributed by atoms with Crippen molar-refractivity contribution in [3.63, 3.8) is 0 Å². The van der Waals surface area contributed by atoms with Crippen LogP contribution in [0.4, 0.5) is 10.1 Å². The Hall–Kier alpha value is -1.55. The molecule has 0 saturated carbocycles. The van der Waals surface area contributed by atoms with Crippen molar-refractivity contribution in [2.45, 2.75) is 13.0 Å². The van der Waals surface area contributed by atoms with E-state index in [4.69, 9.17) is 4.74 Å². The molecule has 0 radical (unpaired) electrons. The minimum Gasteiger partial charge on any atom is -0.494 e. The number of rotatable bonds is 4. The van der Waals surface area contributed by atoms with Crippen molar-refractivity contribution in [1.29, 1.82) is 0 Å². The Morgan fingerprint density at radius 2 is 1.95 bits per heavy atom. The largest absolute Gasteiger partial charge is 0.494 e. The maximum Gasteiger partial charge on any atom is 0.165 e. The summed E-state index contributed by atoms with van der Waals surface area (Å²) in [6.07, 6.45) is 0. The Balaban J connectivity index is 2.19. The van der Waals surface area contributed by atoms with E-state index in [1.807, 2.05) is 24.3 Å². The Morgan fingerprint density at radius 1 is 1.21 bits per heavy atom. The van der Waals surface area contributed by atoms with Gasteiger partial charge in [-0.1, -0.05) is 34.1 Å². The molecule has 2 nitrogen and oxygen atoms in total. The summed E-state index contributed by atoms with van der Waals surface area (Å²) in [4.78, 5) is 0. The van der Waals surface area contributed by atoms with Crippen molar-refractivity contribution in [3.8, 4) is 5.75 Å².